The van der Waals surface area contributed by atoms with E-state index < -0.39 is 0 Å². The maximum atomic E-state index is 4.69. The van der Waals surface area contributed by atoms with E-state index in [1.807, 2.05) is 18.2 Å². The maximum Gasteiger partial charge on any atom is 0.107 e. The fourth-order valence-electron chi connectivity index (χ4n) is 2.03. The molecule has 0 aliphatic carbocycles. The number of nitrogens with zero attached hydrogens (tertiary/aromatic N) is 2. The van der Waals surface area contributed by atoms with E-state index in [-0.39, 0.29) is 0 Å². The van der Waals surface area contributed by atoms with Crippen LogP contribution in [-0.2, 0) is 6.54 Å². The van der Waals surface area contributed by atoms with Gasteiger partial charge in [-0.3, -0.25) is 4.68 Å². The van der Waals surface area contributed by atoms with Crippen LogP contribution in [0.5, 0.6) is 0 Å². The SMILES string of the molecule is CCn1nc(-c2ccccc2)c(Br)c1C(C)C. The summed E-state index contributed by atoms with van der Waals surface area (Å²) in [7, 11) is 0. The molecule has 0 amide bonds. The highest BCUT2D eigenvalue weighted by molar-refractivity contribution is 9.10. The molecule has 1 heterocycles. The molecule has 90 valence electrons. The average Bonchev–Trinajstić information content (AvgIpc) is 2.67. The Hall–Kier alpha value is -1.09. The van der Waals surface area contributed by atoms with E-state index in [1.54, 1.807) is 0 Å². The van der Waals surface area contributed by atoms with Crippen molar-refractivity contribution < 1.29 is 0 Å². The monoisotopic (exact) mass is 292 g/mol. The second kappa shape index (κ2) is 5.05. The summed E-state index contributed by atoms with van der Waals surface area (Å²) in [6.07, 6.45) is 0. The molecule has 3 heteroatoms. The Morgan fingerprint density at radius 3 is 2.35 bits per heavy atom. The van der Waals surface area contributed by atoms with E-state index in [4.69, 9.17) is 0 Å². The third-order valence-corrected chi connectivity index (χ3v) is 3.61. The first-order valence-corrected chi connectivity index (χ1v) is 6.76. The topological polar surface area (TPSA) is 17.8 Å². The first-order chi connectivity index (χ1) is 8.15. The Morgan fingerprint density at radius 1 is 1.24 bits per heavy atom. The predicted octanol–water partition coefficient (Wildman–Crippen LogP) is 4.46. The molecular weight excluding hydrogens is 276 g/mol. The number of aromatic nitrogens is 2. The number of hydrogen-bond acceptors (Lipinski definition) is 1. The van der Waals surface area contributed by atoms with Gasteiger partial charge < -0.3 is 0 Å². The molecule has 17 heavy (non-hydrogen) atoms. The van der Waals surface area contributed by atoms with Crippen LogP contribution in [0.25, 0.3) is 11.3 Å². The van der Waals surface area contributed by atoms with Gasteiger partial charge in [-0.1, -0.05) is 44.2 Å². The molecule has 0 bridgehead atoms. The molecule has 0 aliphatic rings. The smallest absolute Gasteiger partial charge is 0.107 e. The molecule has 0 spiro atoms. The van der Waals surface area contributed by atoms with Gasteiger partial charge in [0.15, 0.2) is 0 Å². The summed E-state index contributed by atoms with van der Waals surface area (Å²) in [5, 5.41) is 4.69. The van der Waals surface area contributed by atoms with E-state index in [2.05, 4.69) is 58.6 Å². The van der Waals surface area contributed by atoms with E-state index in [1.165, 1.54) is 5.69 Å². The van der Waals surface area contributed by atoms with Crippen molar-refractivity contribution in [1.82, 2.24) is 9.78 Å². The summed E-state index contributed by atoms with van der Waals surface area (Å²) in [6.45, 7) is 7.42. The quantitative estimate of drug-likeness (QED) is 0.817. The molecular formula is C14H17BrN2. The second-order valence-electron chi connectivity index (χ2n) is 4.38. The van der Waals surface area contributed by atoms with Crippen LogP contribution in [0, 0.1) is 0 Å². The predicted molar refractivity (Wildman–Crippen MR) is 75.1 cm³/mol. The van der Waals surface area contributed by atoms with Gasteiger partial charge in [-0.2, -0.15) is 5.10 Å². The van der Waals surface area contributed by atoms with Crippen molar-refractivity contribution in [3.63, 3.8) is 0 Å². The Balaban J connectivity index is 2.57. The minimum Gasteiger partial charge on any atom is -0.268 e. The lowest BCUT2D eigenvalue weighted by Crippen LogP contribution is -2.04. The number of rotatable bonds is 3. The van der Waals surface area contributed by atoms with Crippen molar-refractivity contribution in [2.75, 3.05) is 0 Å². The highest BCUT2D eigenvalue weighted by Gasteiger charge is 2.18. The summed E-state index contributed by atoms with van der Waals surface area (Å²) in [6, 6.07) is 10.3. The van der Waals surface area contributed by atoms with Gasteiger partial charge in [-0.15, -0.1) is 0 Å². The summed E-state index contributed by atoms with van der Waals surface area (Å²) in [5.74, 6) is 0.467. The van der Waals surface area contributed by atoms with Gasteiger partial charge in [0.1, 0.15) is 5.69 Å². The molecule has 1 aromatic heterocycles. The summed E-state index contributed by atoms with van der Waals surface area (Å²) in [5.41, 5.74) is 3.47. The lowest BCUT2D eigenvalue weighted by atomic mass is 10.1. The Morgan fingerprint density at radius 2 is 1.88 bits per heavy atom. The zero-order valence-corrected chi connectivity index (χ0v) is 12.0. The van der Waals surface area contributed by atoms with Crippen LogP contribution in [-0.4, -0.2) is 9.78 Å². The Bertz CT molecular complexity index is 500. The molecule has 0 saturated carbocycles. The molecule has 0 aliphatic heterocycles. The number of hydrogen-bond donors (Lipinski definition) is 0. The Kier molecular flexibility index (Phi) is 3.67. The number of halogens is 1. The minimum atomic E-state index is 0.467. The van der Waals surface area contributed by atoms with Crippen LogP contribution in [0.4, 0.5) is 0 Å². The molecule has 0 unspecified atom stereocenters. The Labute approximate surface area is 111 Å². The van der Waals surface area contributed by atoms with Crippen molar-refractivity contribution in [1.29, 1.82) is 0 Å². The van der Waals surface area contributed by atoms with Crippen LogP contribution >= 0.6 is 15.9 Å². The maximum absolute atomic E-state index is 4.69. The fraction of sp³-hybridized carbons (Fsp3) is 0.357. The zero-order chi connectivity index (χ0) is 12.4. The molecule has 1 aromatic carbocycles. The van der Waals surface area contributed by atoms with E-state index in [0.717, 1.165) is 22.3 Å². The molecule has 2 aromatic rings. The second-order valence-corrected chi connectivity index (χ2v) is 5.18. The van der Waals surface area contributed by atoms with Crippen LogP contribution in [0.3, 0.4) is 0 Å². The summed E-state index contributed by atoms with van der Waals surface area (Å²) < 4.78 is 3.21. The van der Waals surface area contributed by atoms with Crippen molar-refractivity contribution in [2.45, 2.75) is 33.2 Å². The largest absolute Gasteiger partial charge is 0.268 e. The number of aryl methyl sites for hydroxylation is 1. The van der Waals surface area contributed by atoms with Crippen LogP contribution < -0.4 is 0 Å². The van der Waals surface area contributed by atoms with Crippen molar-refractivity contribution >= 4 is 15.9 Å². The highest BCUT2D eigenvalue weighted by Crippen LogP contribution is 2.34. The molecule has 0 saturated heterocycles. The molecule has 2 nitrogen and oxygen atoms in total. The zero-order valence-electron chi connectivity index (χ0n) is 10.4. The third kappa shape index (κ3) is 2.29. The third-order valence-electron chi connectivity index (χ3n) is 2.83. The molecule has 0 atom stereocenters. The molecule has 0 N–H and O–H groups in total. The summed E-state index contributed by atoms with van der Waals surface area (Å²) >= 11 is 3.70. The van der Waals surface area contributed by atoms with Crippen LogP contribution in [0.15, 0.2) is 34.8 Å². The van der Waals surface area contributed by atoms with Crippen molar-refractivity contribution in [2.24, 2.45) is 0 Å². The van der Waals surface area contributed by atoms with Crippen LogP contribution in [0.1, 0.15) is 32.4 Å². The molecule has 0 fully saturated rings. The minimum absolute atomic E-state index is 0.467. The van der Waals surface area contributed by atoms with Gasteiger partial charge in [0, 0.05) is 12.1 Å². The van der Waals surface area contributed by atoms with Crippen molar-refractivity contribution in [3.8, 4) is 11.3 Å². The first kappa shape index (κ1) is 12.4. The first-order valence-electron chi connectivity index (χ1n) is 5.96. The lowest BCUT2D eigenvalue weighted by molar-refractivity contribution is 0.598. The van der Waals surface area contributed by atoms with E-state index >= 15 is 0 Å². The normalized spacial score (nSPS) is 11.1. The van der Waals surface area contributed by atoms with Gasteiger partial charge in [-0.25, -0.2) is 0 Å². The molecule has 0 radical (unpaired) electrons. The van der Waals surface area contributed by atoms with E-state index in [0.29, 0.717) is 5.92 Å². The van der Waals surface area contributed by atoms with E-state index in [9.17, 15) is 0 Å². The number of benzene rings is 1. The fourth-order valence-corrected chi connectivity index (χ4v) is 3.00. The standard InChI is InChI=1S/C14H17BrN2/c1-4-17-14(10(2)3)12(15)13(16-17)11-8-6-5-7-9-11/h5-10H,4H2,1-3H3. The lowest BCUT2D eigenvalue weighted by Gasteiger charge is -2.07. The molecule has 2 rings (SSSR count). The van der Waals surface area contributed by atoms with Gasteiger partial charge in [-0.05, 0) is 28.8 Å². The van der Waals surface area contributed by atoms with Gasteiger partial charge in [0.2, 0.25) is 0 Å². The van der Waals surface area contributed by atoms with Crippen molar-refractivity contribution in [3.05, 3.63) is 40.5 Å². The van der Waals surface area contributed by atoms with Crippen LogP contribution in [0.2, 0.25) is 0 Å². The summed E-state index contributed by atoms with van der Waals surface area (Å²) in [4.78, 5) is 0. The van der Waals surface area contributed by atoms with Gasteiger partial charge in [0.05, 0.1) is 10.2 Å². The highest BCUT2D eigenvalue weighted by atomic mass is 79.9. The van der Waals surface area contributed by atoms with Gasteiger partial charge >= 0.3 is 0 Å². The van der Waals surface area contributed by atoms with Gasteiger partial charge in [0.25, 0.3) is 0 Å². The average molecular weight is 293 g/mol.